The molecule has 1 saturated heterocycles. The van der Waals surface area contributed by atoms with E-state index in [1.807, 2.05) is 59.1 Å². The number of rotatable bonds is 5. The van der Waals surface area contributed by atoms with E-state index >= 15 is 0 Å². The largest absolute Gasteiger partial charge is 0.467 e. The average molecular weight is 535 g/mol. The number of carbonyl (C=O) groups is 1. The van der Waals surface area contributed by atoms with Crippen molar-refractivity contribution in [3.63, 3.8) is 0 Å². The lowest BCUT2D eigenvalue weighted by Gasteiger charge is -2.38. The van der Waals surface area contributed by atoms with Crippen molar-refractivity contribution in [2.75, 3.05) is 20.4 Å². The first-order chi connectivity index (χ1) is 18.5. The molecular formula is C28H34N6O5. The molecule has 5 rings (SSSR count). The van der Waals surface area contributed by atoms with Gasteiger partial charge in [0.15, 0.2) is 12.6 Å². The predicted octanol–water partition coefficient (Wildman–Crippen LogP) is 4.29. The van der Waals surface area contributed by atoms with E-state index in [0.29, 0.717) is 47.4 Å². The average Bonchev–Trinajstić information content (AvgIpc) is 3.24. The Balaban J connectivity index is 1.43. The molecule has 3 aromatic heterocycles. The van der Waals surface area contributed by atoms with Crippen LogP contribution in [0.1, 0.15) is 46.6 Å². The maximum absolute atomic E-state index is 13.5. The summed E-state index contributed by atoms with van der Waals surface area (Å²) in [5.74, 6) is 0.984. The summed E-state index contributed by atoms with van der Waals surface area (Å²) in [6.45, 7) is 8.13. The normalized spacial score (nSPS) is 18.1. The van der Waals surface area contributed by atoms with E-state index in [1.165, 1.54) is 0 Å². The Morgan fingerprint density at radius 3 is 2.72 bits per heavy atom. The molecule has 0 bridgehead atoms. The number of aromatic nitrogens is 5. The van der Waals surface area contributed by atoms with E-state index in [-0.39, 0.29) is 30.5 Å². The van der Waals surface area contributed by atoms with Gasteiger partial charge in [0, 0.05) is 62.8 Å². The second-order valence-corrected chi connectivity index (χ2v) is 11.0. The van der Waals surface area contributed by atoms with Crippen molar-refractivity contribution in [1.82, 2.24) is 29.2 Å². The quantitative estimate of drug-likeness (QED) is 0.349. The van der Waals surface area contributed by atoms with Crippen molar-refractivity contribution >= 4 is 27.9 Å². The molecule has 4 aromatic rings. The van der Waals surface area contributed by atoms with Gasteiger partial charge < -0.3 is 23.7 Å². The third-order valence-corrected chi connectivity index (χ3v) is 6.84. The van der Waals surface area contributed by atoms with Crippen LogP contribution in [0, 0.1) is 0 Å². The number of likely N-dealkylation sites (tertiary alicyclic amines) is 1. The van der Waals surface area contributed by atoms with Crippen molar-refractivity contribution < 1.29 is 19.0 Å². The number of aryl methyl sites for hydroxylation is 1. The molecule has 39 heavy (non-hydrogen) atoms. The fraction of sp³-hybridized carbons (Fsp3) is 0.464. The number of fused-ring (bicyclic) bond motifs is 2. The lowest BCUT2D eigenvalue weighted by Crippen LogP contribution is -2.47. The number of nitrogens with zero attached hydrogens (tertiary/aromatic N) is 6. The van der Waals surface area contributed by atoms with Crippen LogP contribution in [0.25, 0.3) is 33.2 Å². The Hall–Kier alpha value is -3.99. The molecule has 11 heteroatoms. The number of amides is 1. The Bertz CT molecular complexity index is 1590. The van der Waals surface area contributed by atoms with Gasteiger partial charge in [-0.3, -0.25) is 9.48 Å². The van der Waals surface area contributed by atoms with Crippen LogP contribution in [-0.4, -0.2) is 67.4 Å². The van der Waals surface area contributed by atoms with Gasteiger partial charge in [0.2, 0.25) is 0 Å². The maximum Gasteiger partial charge on any atom is 0.410 e. The monoisotopic (exact) mass is 534 g/mol. The second-order valence-electron chi connectivity index (χ2n) is 11.0. The molecule has 0 unspecified atom stereocenters. The summed E-state index contributed by atoms with van der Waals surface area (Å²) in [4.78, 5) is 37.1. The van der Waals surface area contributed by atoms with Crippen molar-refractivity contribution in [2.24, 2.45) is 7.05 Å². The fourth-order valence-electron chi connectivity index (χ4n) is 5.05. The minimum Gasteiger partial charge on any atom is -0.467 e. The zero-order chi connectivity index (χ0) is 27.9. The summed E-state index contributed by atoms with van der Waals surface area (Å²) in [5, 5.41) is 5.80. The highest BCUT2D eigenvalue weighted by molar-refractivity contribution is 5.88. The predicted molar refractivity (Wildman–Crippen MR) is 147 cm³/mol. The molecule has 0 radical (unpaired) electrons. The van der Waals surface area contributed by atoms with Gasteiger partial charge in [-0.2, -0.15) is 5.10 Å². The molecule has 2 atom stereocenters. The van der Waals surface area contributed by atoms with Gasteiger partial charge in [-0.05, 0) is 52.7 Å². The highest BCUT2D eigenvalue weighted by Crippen LogP contribution is 2.33. The number of hydrogen-bond donors (Lipinski definition) is 0. The van der Waals surface area contributed by atoms with Crippen LogP contribution in [-0.2, 0) is 16.5 Å². The van der Waals surface area contributed by atoms with Crippen LogP contribution in [0.15, 0.2) is 41.6 Å². The zero-order valence-corrected chi connectivity index (χ0v) is 23.2. The third-order valence-electron chi connectivity index (χ3n) is 6.84. The van der Waals surface area contributed by atoms with Crippen molar-refractivity contribution in [3.05, 3.63) is 47.1 Å². The van der Waals surface area contributed by atoms with Gasteiger partial charge in [-0.25, -0.2) is 14.8 Å². The SMILES string of the molecule is COCOc1cc2nn(C)cc2cc1-c1ncc2c(=O)n([C@H]3CCN(C(=O)OC(C)(C)C)[C@@H](C)C3)ccc2n1. The topological polar surface area (TPSA) is 114 Å². The first-order valence-electron chi connectivity index (χ1n) is 13.0. The number of benzene rings is 1. The fourth-order valence-corrected chi connectivity index (χ4v) is 5.05. The van der Waals surface area contributed by atoms with E-state index in [1.54, 1.807) is 33.7 Å². The highest BCUT2D eigenvalue weighted by atomic mass is 16.7. The number of pyridine rings is 1. The molecular weight excluding hydrogens is 500 g/mol. The van der Waals surface area contributed by atoms with Gasteiger partial charge in [0.25, 0.3) is 5.56 Å². The molecule has 1 amide bonds. The standard InChI is InChI=1S/C28H34N6O5/c1-17-11-19(7-9-33(17)27(36)39-28(2,3)4)34-10-8-22-21(26(34)35)14-29-25(30-22)20-12-18-15-32(5)31-23(18)13-24(20)38-16-37-6/h8,10,12-15,17,19H,7,9,11,16H2,1-6H3/t17-,19-/m0/s1. The first kappa shape index (κ1) is 26.6. The minimum absolute atomic E-state index is 0.0442. The number of methoxy groups -OCH3 is 1. The molecule has 0 N–H and O–H groups in total. The number of ether oxygens (including phenoxy) is 3. The maximum atomic E-state index is 13.5. The molecule has 11 nitrogen and oxygen atoms in total. The molecule has 4 heterocycles. The Morgan fingerprint density at radius 2 is 2.00 bits per heavy atom. The molecule has 1 aliphatic heterocycles. The molecule has 1 aliphatic rings. The molecule has 0 spiro atoms. The van der Waals surface area contributed by atoms with Gasteiger partial charge in [-0.1, -0.05) is 0 Å². The lowest BCUT2D eigenvalue weighted by atomic mass is 9.98. The first-order valence-corrected chi connectivity index (χ1v) is 13.0. The van der Waals surface area contributed by atoms with Crippen LogP contribution >= 0.6 is 0 Å². The third kappa shape index (κ3) is 5.44. The molecule has 1 aromatic carbocycles. The number of piperidine rings is 1. The van der Waals surface area contributed by atoms with Crippen molar-refractivity contribution in [1.29, 1.82) is 0 Å². The van der Waals surface area contributed by atoms with Crippen LogP contribution in [0.2, 0.25) is 0 Å². The highest BCUT2D eigenvalue weighted by Gasteiger charge is 2.33. The summed E-state index contributed by atoms with van der Waals surface area (Å²) in [6, 6.07) is 5.49. The summed E-state index contributed by atoms with van der Waals surface area (Å²) in [6.07, 6.45) is 6.25. The van der Waals surface area contributed by atoms with E-state index < -0.39 is 5.60 Å². The molecule has 0 saturated carbocycles. The van der Waals surface area contributed by atoms with Gasteiger partial charge in [0.1, 0.15) is 11.4 Å². The minimum atomic E-state index is -0.553. The van der Waals surface area contributed by atoms with E-state index in [0.717, 1.165) is 10.9 Å². The van der Waals surface area contributed by atoms with Gasteiger partial charge in [0.05, 0.1) is 22.0 Å². The Labute approximate surface area is 226 Å². The lowest BCUT2D eigenvalue weighted by molar-refractivity contribution is 0.00772. The Kier molecular flexibility index (Phi) is 7.02. The van der Waals surface area contributed by atoms with Crippen LogP contribution in [0.5, 0.6) is 5.75 Å². The molecule has 1 fully saturated rings. The molecule has 206 valence electrons. The number of hydrogen-bond acceptors (Lipinski definition) is 8. The zero-order valence-electron chi connectivity index (χ0n) is 23.2. The van der Waals surface area contributed by atoms with E-state index in [2.05, 4.69) is 10.1 Å². The van der Waals surface area contributed by atoms with E-state index in [4.69, 9.17) is 19.2 Å². The van der Waals surface area contributed by atoms with E-state index in [9.17, 15) is 9.59 Å². The van der Waals surface area contributed by atoms with Gasteiger partial charge >= 0.3 is 6.09 Å². The van der Waals surface area contributed by atoms with Gasteiger partial charge in [-0.15, -0.1) is 0 Å². The molecule has 0 aliphatic carbocycles. The summed E-state index contributed by atoms with van der Waals surface area (Å²) in [7, 11) is 3.41. The Morgan fingerprint density at radius 1 is 1.21 bits per heavy atom. The van der Waals surface area contributed by atoms with Crippen molar-refractivity contribution in [2.45, 2.75) is 58.2 Å². The smallest absolute Gasteiger partial charge is 0.410 e. The number of carbonyl (C=O) groups excluding carboxylic acids is 1. The summed E-state index contributed by atoms with van der Waals surface area (Å²) >= 11 is 0. The summed E-state index contributed by atoms with van der Waals surface area (Å²) < 4.78 is 19.9. The van der Waals surface area contributed by atoms with Crippen LogP contribution in [0.3, 0.4) is 0 Å². The van der Waals surface area contributed by atoms with Crippen molar-refractivity contribution in [3.8, 4) is 17.1 Å². The second kappa shape index (κ2) is 10.3. The summed E-state index contributed by atoms with van der Waals surface area (Å²) in [5.41, 5.74) is 1.30. The van der Waals surface area contributed by atoms with Crippen LogP contribution in [0.4, 0.5) is 4.79 Å². The van der Waals surface area contributed by atoms with Crippen LogP contribution < -0.4 is 10.3 Å².